The molecule has 0 aliphatic heterocycles. The summed E-state index contributed by atoms with van der Waals surface area (Å²) in [5.74, 6) is -1.20. The van der Waals surface area contributed by atoms with Gasteiger partial charge in [-0.05, 0) is 13.0 Å². The lowest BCUT2D eigenvalue weighted by atomic mass is 10.3. The van der Waals surface area contributed by atoms with Gasteiger partial charge in [-0.2, -0.15) is 5.10 Å². The van der Waals surface area contributed by atoms with Crippen LogP contribution in [-0.4, -0.2) is 30.3 Å². The molecular weight excluding hydrogens is 252 g/mol. The standard InChI is InChI=1S/C11H12N4O4/c1-7-3-8(13(2)12-7)5-14-6-9(15(18)19)4-10(14)11(16)17/h3-4,6H,5H2,1-2H3,(H,16,17). The Kier molecular flexibility index (Phi) is 3.07. The van der Waals surface area contributed by atoms with Crippen LogP contribution in [0.3, 0.4) is 0 Å². The second kappa shape index (κ2) is 4.56. The lowest BCUT2D eigenvalue weighted by molar-refractivity contribution is -0.384. The first-order valence-electron chi connectivity index (χ1n) is 5.46. The van der Waals surface area contributed by atoms with Crippen LogP contribution in [0.4, 0.5) is 5.69 Å². The van der Waals surface area contributed by atoms with Crippen LogP contribution in [0.15, 0.2) is 18.3 Å². The summed E-state index contributed by atoms with van der Waals surface area (Å²) in [5, 5.41) is 23.9. The highest BCUT2D eigenvalue weighted by Gasteiger charge is 2.19. The zero-order chi connectivity index (χ0) is 14.2. The van der Waals surface area contributed by atoms with Gasteiger partial charge in [-0.15, -0.1) is 0 Å². The number of aromatic carboxylic acids is 1. The number of rotatable bonds is 4. The highest BCUT2D eigenvalue weighted by Crippen LogP contribution is 2.18. The van der Waals surface area contributed by atoms with Gasteiger partial charge in [0.25, 0.3) is 5.69 Å². The minimum Gasteiger partial charge on any atom is -0.477 e. The average molecular weight is 264 g/mol. The van der Waals surface area contributed by atoms with E-state index in [2.05, 4.69) is 5.10 Å². The van der Waals surface area contributed by atoms with Crippen molar-refractivity contribution in [2.75, 3.05) is 0 Å². The van der Waals surface area contributed by atoms with Gasteiger partial charge in [-0.25, -0.2) is 4.79 Å². The number of aryl methyl sites for hydroxylation is 2. The van der Waals surface area contributed by atoms with Crippen LogP contribution in [0.5, 0.6) is 0 Å². The maximum absolute atomic E-state index is 11.1. The molecule has 0 aromatic carbocycles. The van der Waals surface area contributed by atoms with Gasteiger partial charge in [0.1, 0.15) is 5.69 Å². The Morgan fingerprint density at radius 3 is 2.68 bits per heavy atom. The molecule has 0 aliphatic rings. The number of nitrogens with zero attached hydrogens (tertiary/aromatic N) is 4. The Hall–Kier alpha value is -2.64. The summed E-state index contributed by atoms with van der Waals surface area (Å²) in [7, 11) is 1.74. The second-order valence-corrected chi connectivity index (χ2v) is 4.17. The number of carboxylic acids is 1. The number of hydrogen-bond donors (Lipinski definition) is 1. The summed E-state index contributed by atoms with van der Waals surface area (Å²) in [6.07, 6.45) is 1.21. The van der Waals surface area contributed by atoms with E-state index in [1.54, 1.807) is 17.8 Å². The monoisotopic (exact) mass is 264 g/mol. The van der Waals surface area contributed by atoms with Crippen molar-refractivity contribution in [1.82, 2.24) is 14.3 Å². The third-order valence-corrected chi connectivity index (χ3v) is 2.74. The first-order chi connectivity index (χ1) is 8.88. The largest absolute Gasteiger partial charge is 0.477 e. The van der Waals surface area contributed by atoms with Gasteiger partial charge < -0.3 is 9.67 Å². The van der Waals surface area contributed by atoms with Crippen LogP contribution in [0.2, 0.25) is 0 Å². The van der Waals surface area contributed by atoms with Crippen molar-refractivity contribution in [3.05, 3.63) is 45.5 Å². The number of carbonyl (C=O) groups is 1. The summed E-state index contributed by atoms with van der Waals surface area (Å²) >= 11 is 0. The van der Waals surface area contributed by atoms with Gasteiger partial charge in [0, 0.05) is 13.1 Å². The summed E-state index contributed by atoms with van der Waals surface area (Å²) in [6.45, 7) is 2.03. The quantitative estimate of drug-likeness (QED) is 0.659. The number of aromatic nitrogens is 3. The predicted molar refractivity (Wildman–Crippen MR) is 65.1 cm³/mol. The van der Waals surface area contributed by atoms with Crippen LogP contribution < -0.4 is 0 Å². The fraction of sp³-hybridized carbons (Fsp3) is 0.273. The lowest BCUT2D eigenvalue weighted by Crippen LogP contribution is -2.11. The summed E-state index contributed by atoms with van der Waals surface area (Å²) in [6, 6.07) is 2.85. The Morgan fingerprint density at radius 1 is 1.53 bits per heavy atom. The van der Waals surface area contributed by atoms with Crippen LogP contribution in [0, 0.1) is 17.0 Å². The molecule has 2 aromatic heterocycles. The number of hydrogen-bond acceptors (Lipinski definition) is 4. The molecule has 2 rings (SSSR count). The minimum absolute atomic E-state index is 0.120. The predicted octanol–water partition coefficient (Wildman–Crippen LogP) is 1.18. The highest BCUT2D eigenvalue weighted by molar-refractivity contribution is 5.86. The van der Waals surface area contributed by atoms with Crippen molar-refractivity contribution < 1.29 is 14.8 Å². The Bertz CT molecular complexity index is 656. The number of nitro groups is 1. The molecule has 8 nitrogen and oxygen atoms in total. The molecule has 2 aromatic rings. The van der Waals surface area contributed by atoms with E-state index in [-0.39, 0.29) is 17.9 Å². The van der Waals surface area contributed by atoms with E-state index >= 15 is 0 Å². The summed E-state index contributed by atoms with van der Waals surface area (Å²) < 4.78 is 2.95. The minimum atomic E-state index is -1.20. The van der Waals surface area contributed by atoms with Gasteiger partial charge in [-0.1, -0.05) is 0 Å². The lowest BCUT2D eigenvalue weighted by Gasteiger charge is -2.05. The molecular formula is C11H12N4O4. The molecule has 2 heterocycles. The summed E-state index contributed by atoms with van der Waals surface area (Å²) in [5.41, 5.74) is 1.21. The fourth-order valence-electron chi connectivity index (χ4n) is 1.89. The zero-order valence-corrected chi connectivity index (χ0v) is 10.4. The highest BCUT2D eigenvalue weighted by atomic mass is 16.6. The maximum atomic E-state index is 11.1. The average Bonchev–Trinajstić information content (AvgIpc) is 2.84. The fourth-order valence-corrected chi connectivity index (χ4v) is 1.89. The third-order valence-electron chi connectivity index (χ3n) is 2.74. The molecule has 100 valence electrons. The maximum Gasteiger partial charge on any atom is 0.352 e. The van der Waals surface area contributed by atoms with Crippen molar-refractivity contribution in [2.24, 2.45) is 7.05 Å². The first kappa shape index (κ1) is 12.8. The van der Waals surface area contributed by atoms with E-state index in [4.69, 9.17) is 5.11 Å². The van der Waals surface area contributed by atoms with Crippen molar-refractivity contribution in [3.8, 4) is 0 Å². The van der Waals surface area contributed by atoms with Crippen molar-refractivity contribution in [1.29, 1.82) is 0 Å². The SMILES string of the molecule is Cc1cc(Cn2cc([N+](=O)[O-])cc2C(=O)O)n(C)n1. The van der Waals surface area contributed by atoms with E-state index in [1.807, 2.05) is 6.92 Å². The molecule has 0 saturated heterocycles. The van der Waals surface area contributed by atoms with E-state index < -0.39 is 10.9 Å². The van der Waals surface area contributed by atoms with E-state index in [1.165, 1.54) is 10.8 Å². The first-order valence-corrected chi connectivity index (χ1v) is 5.46. The van der Waals surface area contributed by atoms with Gasteiger partial charge >= 0.3 is 5.97 Å². The van der Waals surface area contributed by atoms with Crippen LogP contribution >= 0.6 is 0 Å². The zero-order valence-electron chi connectivity index (χ0n) is 10.4. The molecule has 0 aliphatic carbocycles. The third kappa shape index (κ3) is 2.46. The van der Waals surface area contributed by atoms with Gasteiger partial charge in [-0.3, -0.25) is 14.8 Å². The Labute approximate surface area is 108 Å². The molecule has 8 heteroatoms. The molecule has 0 saturated carbocycles. The van der Waals surface area contributed by atoms with Crippen LogP contribution in [0.25, 0.3) is 0 Å². The van der Waals surface area contributed by atoms with E-state index in [0.29, 0.717) is 0 Å². The Balaban J connectivity index is 2.41. The Morgan fingerprint density at radius 2 is 2.21 bits per heavy atom. The smallest absolute Gasteiger partial charge is 0.352 e. The molecule has 0 amide bonds. The molecule has 0 spiro atoms. The molecule has 0 fully saturated rings. The second-order valence-electron chi connectivity index (χ2n) is 4.17. The van der Waals surface area contributed by atoms with Crippen molar-refractivity contribution in [2.45, 2.75) is 13.5 Å². The van der Waals surface area contributed by atoms with Crippen molar-refractivity contribution >= 4 is 11.7 Å². The van der Waals surface area contributed by atoms with Gasteiger partial charge in [0.05, 0.1) is 29.1 Å². The topological polar surface area (TPSA) is 103 Å². The van der Waals surface area contributed by atoms with Crippen LogP contribution in [0.1, 0.15) is 21.9 Å². The normalized spacial score (nSPS) is 10.6. The van der Waals surface area contributed by atoms with Gasteiger partial charge in [0.15, 0.2) is 0 Å². The molecule has 0 atom stereocenters. The van der Waals surface area contributed by atoms with E-state index in [0.717, 1.165) is 17.5 Å². The molecule has 1 N–H and O–H groups in total. The molecule has 0 bridgehead atoms. The number of carboxylic acid groups (broad SMARTS) is 1. The summed E-state index contributed by atoms with van der Waals surface area (Å²) in [4.78, 5) is 21.2. The van der Waals surface area contributed by atoms with Crippen molar-refractivity contribution in [3.63, 3.8) is 0 Å². The van der Waals surface area contributed by atoms with Crippen LogP contribution in [-0.2, 0) is 13.6 Å². The molecule has 0 radical (unpaired) electrons. The van der Waals surface area contributed by atoms with E-state index in [9.17, 15) is 14.9 Å². The molecule has 19 heavy (non-hydrogen) atoms. The van der Waals surface area contributed by atoms with Gasteiger partial charge in [0.2, 0.25) is 0 Å². The molecule has 0 unspecified atom stereocenters.